The summed E-state index contributed by atoms with van der Waals surface area (Å²) in [6.07, 6.45) is -2.42. The lowest BCUT2D eigenvalue weighted by molar-refractivity contribution is 0.134. The minimum atomic E-state index is -2.87. The zero-order valence-corrected chi connectivity index (χ0v) is 14.1. The molecule has 2 N–H and O–H groups in total. The molecule has 26 heavy (non-hydrogen) atoms. The average molecular weight is 369 g/mol. The van der Waals surface area contributed by atoms with Crippen molar-refractivity contribution in [3.63, 3.8) is 0 Å². The molecule has 0 aromatic carbocycles. The molecule has 1 fully saturated rings. The summed E-state index contributed by atoms with van der Waals surface area (Å²) in [6, 6.07) is 5.40. The van der Waals surface area contributed by atoms with Gasteiger partial charge in [-0.15, -0.1) is 0 Å². The summed E-state index contributed by atoms with van der Waals surface area (Å²) in [5.41, 5.74) is 5.02. The van der Waals surface area contributed by atoms with Crippen molar-refractivity contribution >= 4 is 0 Å². The number of nitrogens with zero attached hydrogens (tertiary/aromatic N) is 2. The summed E-state index contributed by atoms with van der Waals surface area (Å²) in [5, 5.41) is 0. The topological polar surface area (TPSA) is 61.0 Å². The number of alkyl halides is 4. The van der Waals surface area contributed by atoms with Crippen LogP contribution in [0.2, 0.25) is 0 Å². The summed E-state index contributed by atoms with van der Waals surface area (Å²) in [6.45, 7) is 1.93. The highest BCUT2D eigenvalue weighted by Gasteiger charge is 2.39. The number of hydrogen-bond acceptors (Lipinski definition) is 4. The SMILES string of the molecule is C[C@@](N)(COc1ccc(-c2ccnc(C(F)F)c2)nc1C(F)F)C1CC1. The molecule has 0 radical (unpaired) electrons. The number of ether oxygens (including phenoxy) is 1. The Hall–Kier alpha value is -2.22. The van der Waals surface area contributed by atoms with Gasteiger partial charge in [-0.1, -0.05) is 0 Å². The molecule has 0 amide bonds. The van der Waals surface area contributed by atoms with Crippen molar-refractivity contribution in [2.45, 2.75) is 38.2 Å². The van der Waals surface area contributed by atoms with E-state index in [4.69, 9.17) is 10.5 Å². The first-order valence-corrected chi connectivity index (χ1v) is 8.23. The second-order valence-electron chi connectivity index (χ2n) is 6.72. The Morgan fingerprint density at radius 1 is 1.19 bits per heavy atom. The normalized spacial score (nSPS) is 16.8. The molecule has 0 bridgehead atoms. The summed E-state index contributed by atoms with van der Waals surface area (Å²) < 4.78 is 57.9. The van der Waals surface area contributed by atoms with E-state index in [0.717, 1.165) is 18.9 Å². The van der Waals surface area contributed by atoms with Crippen LogP contribution in [0.3, 0.4) is 0 Å². The van der Waals surface area contributed by atoms with Gasteiger partial charge in [0.1, 0.15) is 23.7 Å². The molecule has 2 heterocycles. The molecule has 0 saturated heterocycles. The van der Waals surface area contributed by atoms with Gasteiger partial charge in [-0.3, -0.25) is 4.98 Å². The predicted molar refractivity (Wildman–Crippen MR) is 88.2 cm³/mol. The third kappa shape index (κ3) is 4.12. The lowest BCUT2D eigenvalue weighted by Gasteiger charge is -2.25. The summed E-state index contributed by atoms with van der Waals surface area (Å²) in [7, 11) is 0. The maximum Gasteiger partial charge on any atom is 0.284 e. The van der Waals surface area contributed by atoms with Crippen molar-refractivity contribution in [2.75, 3.05) is 6.61 Å². The Balaban J connectivity index is 1.85. The first-order valence-electron chi connectivity index (χ1n) is 8.23. The van der Waals surface area contributed by atoms with Gasteiger partial charge < -0.3 is 10.5 Å². The van der Waals surface area contributed by atoms with Gasteiger partial charge in [-0.2, -0.15) is 0 Å². The molecule has 2 aromatic heterocycles. The lowest BCUT2D eigenvalue weighted by atomic mass is 9.99. The van der Waals surface area contributed by atoms with Crippen LogP contribution in [0.15, 0.2) is 30.5 Å². The molecule has 8 heteroatoms. The van der Waals surface area contributed by atoms with E-state index in [1.807, 2.05) is 6.92 Å². The fourth-order valence-electron chi connectivity index (χ4n) is 2.72. The number of nitrogens with two attached hydrogens (primary N) is 1. The lowest BCUT2D eigenvalue weighted by Crippen LogP contribution is -2.44. The molecule has 3 rings (SSSR count). The predicted octanol–water partition coefficient (Wildman–Crippen LogP) is 4.53. The van der Waals surface area contributed by atoms with Gasteiger partial charge in [-0.25, -0.2) is 22.5 Å². The zero-order chi connectivity index (χ0) is 18.9. The Morgan fingerprint density at radius 3 is 2.54 bits per heavy atom. The van der Waals surface area contributed by atoms with E-state index in [2.05, 4.69) is 9.97 Å². The van der Waals surface area contributed by atoms with Gasteiger partial charge in [0.15, 0.2) is 0 Å². The molecular weight excluding hydrogens is 350 g/mol. The van der Waals surface area contributed by atoms with Crippen molar-refractivity contribution in [3.05, 3.63) is 41.9 Å². The van der Waals surface area contributed by atoms with Gasteiger partial charge in [-0.05, 0) is 49.9 Å². The fourth-order valence-corrected chi connectivity index (χ4v) is 2.72. The third-order valence-corrected chi connectivity index (χ3v) is 4.44. The van der Waals surface area contributed by atoms with E-state index in [0.29, 0.717) is 5.92 Å². The van der Waals surface area contributed by atoms with Crippen molar-refractivity contribution in [1.82, 2.24) is 9.97 Å². The van der Waals surface area contributed by atoms with Gasteiger partial charge in [0, 0.05) is 11.8 Å². The Bertz CT molecular complexity index is 779. The number of hydrogen-bond donors (Lipinski definition) is 1. The Morgan fingerprint density at radius 2 is 1.92 bits per heavy atom. The fraction of sp³-hybridized carbons (Fsp3) is 0.444. The van der Waals surface area contributed by atoms with Crippen LogP contribution in [-0.2, 0) is 0 Å². The molecule has 0 spiro atoms. The highest BCUT2D eigenvalue weighted by atomic mass is 19.3. The van der Waals surface area contributed by atoms with E-state index in [9.17, 15) is 17.6 Å². The van der Waals surface area contributed by atoms with Gasteiger partial charge in [0.05, 0.1) is 11.2 Å². The number of rotatable bonds is 7. The average Bonchev–Trinajstić information content (AvgIpc) is 3.45. The van der Waals surface area contributed by atoms with Gasteiger partial charge >= 0.3 is 0 Å². The third-order valence-electron chi connectivity index (χ3n) is 4.44. The van der Waals surface area contributed by atoms with E-state index in [-0.39, 0.29) is 23.6 Å². The first kappa shape index (κ1) is 18.6. The largest absolute Gasteiger partial charge is 0.490 e. The number of aromatic nitrogens is 2. The molecular formula is C18H19F4N3O. The highest BCUT2D eigenvalue weighted by Crippen LogP contribution is 2.39. The molecule has 1 aliphatic carbocycles. The molecule has 1 atom stereocenters. The zero-order valence-electron chi connectivity index (χ0n) is 14.1. The molecule has 2 aromatic rings. The summed E-state index contributed by atoms with van der Waals surface area (Å²) >= 11 is 0. The Kier molecular flexibility index (Phi) is 5.13. The molecule has 140 valence electrons. The van der Waals surface area contributed by atoms with Crippen LogP contribution in [-0.4, -0.2) is 22.1 Å². The second-order valence-corrected chi connectivity index (χ2v) is 6.72. The maximum absolute atomic E-state index is 13.4. The van der Waals surface area contributed by atoms with Crippen LogP contribution >= 0.6 is 0 Å². The van der Waals surface area contributed by atoms with Crippen molar-refractivity contribution in [3.8, 4) is 17.0 Å². The summed E-state index contributed by atoms with van der Waals surface area (Å²) in [4.78, 5) is 7.47. The standard InChI is InChI=1S/C18H19F4N3O/c1-18(23,11-2-3-11)9-26-14-5-4-12(25-15(14)17(21)22)10-6-7-24-13(8-10)16(19)20/h4-8,11,16-17H,2-3,9,23H2,1H3/t18-/m1/s1. The van der Waals surface area contributed by atoms with Crippen molar-refractivity contribution < 1.29 is 22.3 Å². The van der Waals surface area contributed by atoms with E-state index in [1.165, 1.54) is 24.4 Å². The van der Waals surface area contributed by atoms with E-state index >= 15 is 0 Å². The van der Waals surface area contributed by atoms with E-state index < -0.39 is 29.8 Å². The van der Waals surface area contributed by atoms with Crippen LogP contribution in [0.25, 0.3) is 11.3 Å². The molecule has 1 aliphatic rings. The van der Waals surface area contributed by atoms with Crippen LogP contribution in [0, 0.1) is 5.92 Å². The highest BCUT2D eigenvalue weighted by molar-refractivity contribution is 5.60. The number of halogens is 4. The smallest absolute Gasteiger partial charge is 0.284 e. The summed E-state index contributed by atoms with van der Waals surface area (Å²) in [5.74, 6) is 0.276. The van der Waals surface area contributed by atoms with Crippen molar-refractivity contribution in [2.24, 2.45) is 11.7 Å². The first-order chi connectivity index (χ1) is 12.3. The van der Waals surface area contributed by atoms with Crippen LogP contribution in [0.5, 0.6) is 5.75 Å². The molecule has 1 saturated carbocycles. The van der Waals surface area contributed by atoms with E-state index in [1.54, 1.807) is 0 Å². The molecule has 4 nitrogen and oxygen atoms in total. The van der Waals surface area contributed by atoms with Crippen LogP contribution < -0.4 is 10.5 Å². The van der Waals surface area contributed by atoms with Gasteiger partial charge in [0.25, 0.3) is 12.9 Å². The number of pyridine rings is 2. The minimum absolute atomic E-state index is 0.0517. The quantitative estimate of drug-likeness (QED) is 0.729. The second kappa shape index (κ2) is 7.19. The van der Waals surface area contributed by atoms with Crippen LogP contribution in [0.4, 0.5) is 17.6 Å². The van der Waals surface area contributed by atoms with Crippen molar-refractivity contribution in [1.29, 1.82) is 0 Å². The maximum atomic E-state index is 13.4. The van der Waals surface area contributed by atoms with Gasteiger partial charge in [0.2, 0.25) is 0 Å². The molecule has 0 unspecified atom stereocenters. The minimum Gasteiger partial charge on any atom is -0.490 e. The Labute approximate surface area is 148 Å². The molecule has 0 aliphatic heterocycles. The van der Waals surface area contributed by atoms with Crippen LogP contribution in [0.1, 0.15) is 44.0 Å². The monoisotopic (exact) mass is 369 g/mol.